The van der Waals surface area contributed by atoms with Gasteiger partial charge < -0.3 is 14.5 Å². The number of rotatable bonds is 6. The highest BCUT2D eigenvalue weighted by atomic mass is 16.5. The van der Waals surface area contributed by atoms with E-state index >= 15 is 0 Å². The molecule has 1 heterocycles. The van der Waals surface area contributed by atoms with E-state index in [0.29, 0.717) is 6.54 Å². The Morgan fingerprint density at radius 1 is 1.19 bits per heavy atom. The first-order chi connectivity index (χ1) is 10.0. The lowest BCUT2D eigenvalue weighted by atomic mass is 9.84. The molecular weight excluding hydrogens is 266 g/mol. The number of benzene rings is 1. The molecule has 0 fully saturated rings. The lowest BCUT2D eigenvalue weighted by molar-refractivity contribution is 0.0563. The van der Waals surface area contributed by atoms with E-state index in [1.54, 1.807) is 12.1 Å². The second-order valence-corrected chi connectivity index (χ2v) is 5.61. The minimum Gasteiger partial charge on any atom is -0.463 e. The van der Waals surface area contributed by atoms with Crippen LogP contribution in [0.25, 0.3) is 0 Å². The van der Waals surface area contributed by atoms with Crippen molar-refractivity contribution in [3.8, 4) is 0 Å². The maximum atomic E-state index is 11.3. The van der Waals surface area contributed by atoms with Crippen LogP contribution in [0.1, 0.15) is 35.7 Å². The fourth-order valence-corrected chi connectivity index (χ4v) is 2.17. The van der Waals surface area contributed by atoms with Crippen LogP contribution in [0.15, 0.2) is 46.9 Å². The van der Waals surface area contributed by atoms with Gasteiger partial charge in [0, 0.05) is 12.0 Å². The highest BCUT2D eigenvalue weighted by Crippen LogP contribution is 2.21. The van der Waals surface area contributed by atoms with Crippen LogP contribution in [0.4, 0.5) is 0 Å². The Kier molecular flexibility index (Phi) is 4.81. The summed E-state index contributed by atoms with van der Waals surface area (Å²) in [4.78, 5) is 11.3. The van der Waals surface area contributed by atoms with Gasteiger partial charge in [-0.2, -0.15) is 0 Å². The summed E-state index contributed by atoms with van der Waals surface area (Å²) in [5, 5.41) is 3.36. The Morgan fingerprint density at radius 2 is 1.90 bits per heavy atom. The van der Waals surface area contributed by atoms with Crippen LogP contribution < -0.4 is 5.32 Å². The maximum absolute atomic E-state index is 11.3. The monoisotopic (exact) mass is 287 g/mol. The lowest BCUT2D eigenvalue weighted by Crippen LogP contribution is -2.32. The second-order valence-electron chi connectivity index (χ2n) is 5.61. The molecule has 0 atom stereocenters. The van der Waals surface area contributed by atoms with E-state index in [1.807, 2.05) is 18.2 Å². The van der Waals surface area contributed by atoms with Crippen LogP contribution in [0.2, 0.25) is 0 Å². The Labute approximate surface area is 125 Å². The average molecular weight is 287 g/mol. The zero-order valence-corrected chi connectivity index (χ0v) is 12.7. The van der Waals surface area contributed by atoms with E-state index in [1.165, 1.54) is 12.7 Å². The zero-order chi connectivity index (χ0) is 15.3. The van der Waals surface area contributed by atoms with Gasteiger partial charge in [-0.1, -0.05) is 44.2 Å². The van der Waals surface area contributed by atoms with Crippen molar-refractivity contribution in [2.24, 2.45) is 0 Å². The Morgan fingerprint density at radius 3 is 2.57 bits per heavy atom. The molecule has 0 saturated carbocycles. The minimum atomic E-state index is -0.453. The number of carbonyl (C=O) groups is 1. The summed E-state index contributed by atoms with van der Waals surface area (Å²) in [6, 6.07) is 13.8. The Balaban J connectivity index is 1.89. The first-order valence-corrected chi connectivity index (χ1v) is 6.96. The number of hydrogen-bond acceptors (Lipinski definition) is 4. The number of hydrogen-bond donors (Lipinski definition) is 1. The van der Waals surface area contributed by atoms with Crippen LogP contribution in [-0.4, -0.2) is 19.6 Å². The molecule has 0 aliphatic rings. The van der Waals surface area contributed by atoms with Gasteiger partial charge in [0.2, 0.25) is 5.76 Å². The summed E-state index contributed by atoms with van der Waals surface area (Å²) >= 11 is 0. The molecule has 2 rings (SSSR count). The maximum Gasteiger partial charge on any atom is 0.373 e. The Hall–Kier alpha value is -2.07. The predicted octanol–water partition coefficient (Wildman–Crippen LogP) is 3.13. The second kappa shape index (κ2) is 6.59. The quantitative estimate of drug-likeness (QED) is 0.829. The van der Waals surface area contributed by atoms with Gasteiger partial charge in [0.25, 0.3) is 0 Å². The number of ether oxygens (including phenoxy) is 1. The van der Waals surface area contributed by atoms with Crippen LogP contribution in [0, 0.1) is 0 Å². The van der Waals surface area contributed by atoms with Crippen molar-refractivity contribution in [1.82, 2.24) is 5.32 Å². The standard InChI is InChI=1S/C17H21NO3/c1-17(2,13-7-5-4-6-8-13)12-18-11-14-9-10-15(21-14)16(19)20-3/h4-10,18H,11-12H2,1-3H3. The number of methoxy groups -OCH3 is 1. The smallest absolute Gasteiger partial charge is 0.373 e. The molecule has 4 heteroatoms. The van der Waals surface area contributed by atoms with Gasteiger partial charge in [0.15, 0.2) is 0 Å². The average Bonchev–Trinajstić information content (AvgIpc) is 2.96. The number of esters is 1. The molecule has 0 radical (unpaired) electrons. The van der Waals surface area contributed by atoms with Gasteiger partial charge in [-0.15, -0.1) is 0 Å². The predicted molar refractivity (Wildman–Crippen MR) is 81.2 cm³/mol. The van der Waals surface area contributed by atoms with E-state index in [9.17, 15) is 4.79 Å². The third kappa shape index (κ3) is 3.95. The van der Waals surface area contributed by atoms with Gasteiger partial charge in [0.1, 0.15) is 5.76 Å². The van der Waals surface area contributed by atoms with Crippen molar-refractivity contribution in [1.29, 1.82) is 0 Å². The summed E-state index contributed by atoms with van der Waals surface area (Å²) in [7, 11) is 1.34. The highest BCUT2D eigenvalue weighted by Gasteiger charge is 2.20. The van der Waals surface area contributed by atoms with E-state index < -0.39 is 5.97 Å². The van der Waals surface area contributed by atoms with Gasteiger partial charge in [-0.05, 0) is 17.7 Å². The van der Waals surface area contributed by atoms with Crippen LogP contribution in [0.5, 0.6) is 0 Å². The fourth-order valence-electron chi connectivity index (χ4n) is 2.17. The normalized spacial score (nSPS) is 11.4. The molecule has 21 heavy (non-hydrogen) atoms. The van der Waals surface area contributed by atoms with E-state index in [2.05, 4.69) is 36.0 Å². The molecule has 1 aromatic carbocycles. The van der Waals surface area contributed by atoms with Crippen LogP contribution in [0.3, 0.4) is 0 Å². The largest absolute Gasteiger partial charge is 0.463 e. The first-order valence-electron chi connectivity index (χ1n) is 6.96. The van der Waals surface area contributed by atoms with Crippen molar-refractivity contribution in [3.05, 3.63) is 59.5 Å². The van der Waals surface area contributed by atoms with Crippen molar-refractivity contribution in [3.63, 3.8) is 0 Å². The van der Waals surface area contributed by atoms with Crippen molar-refractivity contribution >= 4 is 5.97 Å². The first kappa shape index (κ1) is 15.3. The molecule has 0 aliphatic heterocycles. The van der Waals surface area contributed by atoms with Crippen LogP contribution in [-0.2, 0) is 16.7 Å². The molecular formula is C17H21NO3. The molecule has 0 spiro atoms. The van der Waals surface area contributed by atoms with E-state index in [0.717, 1.165) is 12.3 Å². The van der Waals surface area contributed by atoms with Gasteiger partial charge in [-0.3, -0.25) is 0 Å². The van der Waals surface area contributed by atoms with Crippen molar-refractivity contribution in [2.75, 3.05) is 13.7 Å². The molecule has 0 bridgehead atoms. The lowest BCUT2D eigenvalue weighted by Gasteiger charge is -2.25. The molecule has 112 valence electrons. The van der Waals surface area contributed by atoms with Gasteiger partial charge in [0.05, 0.1) is 13.7 Å². The number of carbonyl (C=O) groups excluding carboxylic acids is 1. The molecule has 1 N–H and O–H groups in total. The van der Waals surface area contributed by atoms with Crippen LogP contribution >= 0.6 is 0 Å². The fraction of sp³-hybridized carbons (Fsp3) is 0.353. The van der Waals surface area contributed by atoms with E-state index in [-0.39, 0.29) is 11.2 Å². The van der Waals surface area contributed by atoms with Crippen molar-refractivity contribution < 1.29 is 13.9 Å². The molecule has 0 amide bonds. The Bertz CT molecular complexity index is 587. The zero-order valence-electron chi connectivity index (χ0n) is 12.7. The molecule has 0 saturated heterocycles. The molecule has 1 aromatic heterocycles. The topological polar surface area (TPSA) is 51.5 Å². The summed E-state index contributed by atoms with van der Waals surface area (Å²) in [6.07, 6.45) is 0. The molecule has 2 aromatic rings. The third-order valence-electron chi connectivity index (χ3n) is 3.47. The highest BCUT2D eigenvalue weighted by molar-refractivity contribution is 5.86. The summed E-state index contributed by atoms with van der Waals surface area (Å²) < 4.78 is 10.0. The molecule has 4 nitrogen and oxygen atoms in total. The number of nitrogens with one attached hydrogen (secondary N) is 1. The van der Waals surface area contributed by atoms with Gasteiger partial charge >= 0.3 is 5.97 Å². The third-order valence-corrected chi connectivity index (χ3v) is 3.47. The SMILES string of the molecule is COC(=O)c1ccc(CNCC(C)(C)c2ccccc2)o1. The molecule has 0 unspecified atom stereocenters. The van der Waals surface area contributed by atoms with E-state index in [4.69, 9.17) is 4.42 Å². The van der Waals surface area contributed by atoms with Crippen molar-refractivity contribution in [2.45, 2.75) is 25.8 Å². The summed E-state index contributed by atoms with van der Waals surface area (Å²) in [5.74, 6) is 0.502. The summed E-state index contributed by atoms with van der Waals surface area (Å²) in [6.45, 7) is 5.77. The summed E-state index contributed by atoms with van der Waals surface area (Å²) in [5.41, 5.74) is 1.31. The minimum absolute atomic E-state index is 0.0268. The number of furan rings is 1. The van der Waals surface area contributed by atoms with Gasteiger partial charge in [-0.25, -0.2) is 4.79 Å². The molecule has 0 aliphatic carbocycles.